The van der Waals surface area contributed by atoms with Gasteiger partial charge in [-0.25, -0.2) is 19.6 Å². The van der Waals surface area contributed by atoms with Crippen molar-refractivity contribution in [2.75, 3.05) is 6.54 Å². The van der Waals surface area contributed by atoms with Gasteiger partial charge in [0.1, 0.15) is 35.2 Å². The van der Waals surface area contributed by atoms with Crippen LogP contribution in [0.5, 0.6) is 5.75 Å². The Labute approximate surface area is 324 Å². The molecule has 3 heterocycles. The van der Waals surface area contributed by atoms with Gasteiger partial charge in [-0.05, 0) is 101 Å². The Morgan fingerprint density at radius 3 is 2.61 bits per heavy atom. The molecule has 1 saturated carbocycles. The van der Waals surface area contributed by atoms with Crippen LogP contribution in [0.3, 0.4) is 0 Å². The van der Waals surface area contributed by atoms with Crippen LogP contribution in [0.2, 0.25) is 0 Å². The number of ether oxygens (including phenoxy) is 2. The van der Waals surface area contributed by atoms with Crippen molar-refractivity contribution in [3.8, 4) is 11.8 Å². The summed E-state index contributed by atoms with van der Waals surface area (Å²) in [6.07, 6.45) is 8.26. The third kappa shape index (κ3) is 10.1. The van der Waals surface area contributed by atoms with Crippen LogP contribution in [0.4, 0.5) is 16.4 Å². The van der Waals surface area contributed by atoms with Crippen LogP contribution < -0.4 is 10.6 Å². The van der Waals surface area contributed by atoms with Crippen molar-refractivity contribution in [3.05, 3.63) is 78.1 Å². The molecule has 2 amide bonds. The molecule has 0 radical (unpaired) electrons. The van der Waals surface area contributed by atoms with E-state index in [9.17, 15) is 24.8 Å². The first kappa shape index (κ1) is 39.4. The lowest BCUT2D eigenvalue weighted by Gasteiger charge is -2.29. The first-order chi connectivity index (χ1) is 27.0. The van der Waals surface area contributed by atoms with Gasteiger partial charge in [-0.1, -0.05) is 30.3 Å². The number of rotatable bonds is 14. The van der Waals surface area contributed by atoms with E-state index < -0.39 is 29.6 Å². The molecule has 2 aromatic carbocycles. The van der Waals surface area contributed by atoms with Crippen LogP contribution in [0.25, 0.3) is 22.1 Å². The first-order valence-electron chi connectivity index (χ1n) is 18.9. The zero-order valence-electron chi connectivity index (χ0n) is 31.8. The van der Waals surface area contributed by atoms with Gasteiger partial charge in [0.25, 0.3) is 11.9 Å². The third-order valence-electron chi connectivity index (χ3n) is 9.66. The van der Waals surface area contributed by atoms with Crippen LogP contribution in [0.15, 0.2) is 77.2 Å². The molecule has 0 spiro atoms. The quantitative estimate of drug-likeness (QED) is 0.0487. The van der Waals surface area contributed by atoms with E-state index in [1.807, 2.05) is 42.6 Å². The second-order valence-corrected chi connectivity index (χ2v) is 15.0. The van der Waals surface area contributed by atoms with Gasteiger partial charge in [-0.15, -0.1) is 10.2 Å². The Balaban J connectivity index is 1.19. The van der Waals surface area contributed by atoms with Crippen LogP contribution in [0, 0.1) is 17.2 Å². The van der Waals surface area contributed by atoms with E-state index in [-0.39, 0.29) is 36.1 Å². The summed E-state index contributed by atoms with van der Waals surface area (Å²) in [6.45, 7) is 5.66. The number of azo groups is 1. The minimum Gasteiger partial charge on any atom is -0.507 e. The Morgan fingerprint density at radius 1 is 1.07 bits per heavy atom. The summed E-state index contributed by atoms with van der Waals surface area (Å²) in [5.41, 5.74) is 2.64. The number of phenols is 1. The highest BCUT2D eigenvalue weighted by Gasteiger charge is 2.28. The van der Waals surface area contributed by atoms with Crippen molar-refractivity contribution in [2.45, 2.75) is 96.4 Å². The predicted molar refractivity (Wildman–Crippen MR) is 208 cm³/mol. The minimum atomic E-state index is -1.04. The Morgan fingerprint density at radius 2 is 1.86 bits per heavy atom. The van der Waals surface area contributed by atoms with Gasteiger partial charge in [0.05, 0.1) is 29.0 Å². The molecular weight excluding hydrogens is 715 g/mol. The number of H-pyrrole nitrogens is 1. The number of aromatic hydroxyl groups is 1. The molecule has 0 saturated heterocycles. The number of pyridine rings is 1. The Bertz CT molecular complexity index is 2230. The Hall–Kier alpha value is -6.30. The number of hydrogen-bond acceptors (Lipinski definition) is 11. The molecule has 1 aliphatic carbocycles. The summed E-state index contributed by atoms with van der Waals surface area (Å²) in [5, 5.41) is 35.4. The fraction of sp³-hybridized carbons (Fsp3) is 0.415. The summed E-state index contributed by atoms with van der Waals surface area (Å²) in [7, 11) is 0. The standard InChI is InChI=1S/C41H47N9O6/c1-41(2,3)56-40(54)44-21-8-7-11-32(38(53)55-25-27-9-5-4-6-10-27)46-37(52)31-23-28(14-17-34(31)51)48-49-39-47-33-24-45-36-30(19-22-43-36)35(33)50(39)29-15-12-26(13-16-29)18-20-42/h4-6,9-10,14,17,19,22-24,26,29,32,51H,7-8,11-13,15-16,18,21,25H2,1-3H3,(H,43,45)(H,44,54)(H,46,52)/t26?,29?,32-/m1/s1. The van der Waals surface area contributed by atoms with Gasteiger partial charge in [0, 0.05) is 30.6 Å². The van der Waals surface area contributed by atoms with Gasteiger partial charge in [0.15, 0.2) is 0 Å². The van der Waals surface area contributed by atoms with Gasteiger partial charge in [-0.3, -0.25) is 4.79 Å². The van der Waals surface area contributed by atoms with Crippen LogP contribution >= 0.6 is 0 Å². The maximum Gasteiger partial charge on any atom is 0.407 e. The van der Waals surface area contributed by atoms with E-state index in [0.29, 0.717) is 43.2 Å². The zero-order valence-corrected chi connectivity index (χ0v) is 31.8. The summed E-state index contributed by atoms with van der Waals surface area (Å²) in [6, 6.07) is 16.8. The molecule has 6 rings (SSSR count). The van der Waals surface area contributed by atoms with Crippen molar-refractivity contribution < 1.29 is 29.0 Å². The van der Waals surface area contributed by atoms with E-state index in [0.717, 1.165) is 47.8 Å². The molecule has 292 valence electrons. The predicted octanol–water partition coefficient (Wildman–Crippen LogP) is 8.22. The van der Waals surface area contributed by atoms with Crippen molar-refractivity contribution in [1.29, 1.82) is 5.26 Å². The molecule has 1 atom stereocenters. The average Bonchev–Trinajstić information content (AvgIpc) is 3.81. The number of imidazole rings is 1. The monoisotopic (exact) mass is 761 g/mol. The Kier molecular flexibility index (Phi) is 12.6. The second-order valence-electron chi connectivity index (χ2n) is 15.0. The summed E-state index contributed by atoms with van der Waals surface area (Å²) >= 11 is 0. The van der Waals surface area contributed by atoms with Crippen molar-refractivity contribution in [3.63, 3.8) is 0 Å². The number of phenolic OH excluding ortho intramolecular Hbond substituents is 1. The lowest BCUT2D eigenvalue weighted by atomic mass is 9.84. The molecule has 4 N–H and O–H groups in total. The fourth-order valence-corrected chi connectivity index (χ4v) is 6.90. The summed E-state index contributed by atoms with van der Waals surface area (Å²) < 4.78 is 13.0. The number of alkyl carbamates (subject to hydrolysis) is 1. The van der Waals surface area contributed by atoms with Gasteiger partial charge in [-0.2, -0.15) is 5.26 Å². The molecule has 1 fully saturated rings. The number of hydrogen-bond donors (Lipinski definition) is 4. The number of carbonyl (C=O) groups excluding carboxylic acids is 3. The smallest absolute Gasteiger partial charge is 0.407 e. The number of aromatic nitrogens is 4. The number of esters is 1. The maximum absolute atomic E-state index is 13.7. The van der Waals surface area contributed by atoms with Crippen LogP contribution in [-0.2, 0) is 20.9 Å². The van der Waals surface area contributed by atoms with E-state index in [4.69, 9.17) is 14.5 Å². The fourth-order valence-electron chi connectivity index (χ4n) is 6.90. The second kappa shape index (κ2) is 17.9. The molecule has 0 unspecified atom stereocenters. The third-order valence-corrected chi connectivity index (χ3v) is 9.66. The van der Waals surface area contributed by atoms with Gasteiger partial charge in [0.2, 0.25) is 0 Å². The van der Waals surface area contributed by atoms with Crippen LogP contribution in [0.1, 0.15) is 94.1 Å². The zero-order chi connectivity index (χ0) is 39.7. The highest BCUT2D eigenvalue weighted by Crippen LogP contribution is 2.40. The number of unbranched alkanes of at least 4 members (excludes halogenated alkanes) is 1. The maximum atomic E-state index is 13.7. The minimum absolute atomic E-state index is 0.0190. The number of aromatic amines is 1. The van der Waals surface area contributed by atoms with Crippen LogP contribution in [-0.4, -0.2) is 60.8 Å². The first-order valence-corrected chi connectivity index (χ1v) is 18.9. The molecule has 1 aliphatic rings. The highest BCUT2D eigenvalue weighted by molar-refractivity contribution is 6.02. The average molecular weight is 762 g/mol. The van der Waals surface area contributed by atoms with E-state index in [1.165, 1.54) is 18.2 Å². The SMILES string of the molecule is CC(C)(C)OC(=O)NCCCC[C@@H](NC(=O)c1cc(N=Nc2nc3cnc4[nH]ccc4c3n2C2CCC(CC#N)CC2)ccc1O)C(=O)OCc1ccccc1. The lowest BCUT2D eigenvalue weighted by Crippen LogP contribution is -2.42. The van der Waals surface area contributed by atoms with E-state index in [2.05, 4.69) is 41.5 Å². The van der Waals surface area contributed by atoms with Crippen molar-refractivity contribution >= 4 is 51.7 Å². The summed E-state index contributed by atoms with van der Waals surface area (Å²) in [5.74, 6) is -0.903. The largest absolute Gasteiger partial charge is 0.507 e. The topological polar surface area (TPSA) is 209 Å². The molecule has 56 heavy (non-hydrogen) atoms. The molecule has 0 bridgehead atoms. The van der Waals surface area contributed by atoms with E-state index >= 15 is 0 Å². The number of nitrogens with one attached hydrogen (secondary N) is 3. The molecular formula is C41H47N9O6. The molecule has 5 aromatic rings. The molecule has 15 heteroatoms. The molecule has 0 aliphatic heterocycles. The van der Waals surface area contributed by atoms with Crippen molar-refractivity contribution in [1.82, 2.24) is 30.2 Å². The molecule has 15 nitrogen and oxygen atoms in total. The number of carbonyl (C=O) groups is 3. The number of amides is 2. The molecule has 3 aromatic heterocycles. The summed E-state index contributed by atoms with van der Waals surface area (Å²) in [4.78, 5) is 51.5. The van der Waals surface area contributed by atoms with Gasteiger partial charge >= 0.3 is 12.1 Å². The van der Waals surface area contributed by atoms with Gasteiger partial charge < -0.3 is 34.8 Å². The number of benzene rings is 2. The highest BCUT2D eigenvalue weighted by atomic mass is 16.6. The van der Waals surface area contributed by atoms with E-state index in [1.54, 1.807) is 27.0 Å². The number of fused-ring (bicyclic) bond motifs is 3. The number of nitrogens with zero attached hydrogens (tertiary/aromatic N) is 6. The number of nitriles is 1. The van der Waals surface area contributed by atoms with Crippen molar-refractivity contribution in [2.24, 2.45) is 16.1 Å². The lowest BCUT2D eigenvalue weighted by molar-refractivity contribution is -0.147. The normalized spacial score (nSPS) is 16.4.